The summed E-state index contributed by atoms with van der Waals surface area (Å²) in [6, 6.07) is 21.4. The molecular formula is C26H39N5. The number of likely N-dealkylation sites (N-methyl/N-ethyl adjacent to an activating group) is 1. The minimum atomic E-state index is 0.259. The van der Waals surface area contributed by atoms with Gasteiger partial charge >= 0.3 is 0 Å². The fourth-order valence-corrected chi connectivity index (χ4v) is 4.04. The van der Waals surface area contributed by atoms with Crippen LogP contribution >= 0.6 is 0 Å². The predicted molar refractivity (Wildman–Crippen MR) is 132 cm³/mol. The van der Waals surface area contributed by atoms with Crippen molar-refractivity contribution in [2.24, 2.45) is 4.99 Å². The quantitative estimate of drug-likeness (QED) is 0.351. The molecule has 5 heteroatoms. The number of nitrogens with zero attached hydrogens (tertiary/aromatic N) is 3. The number of piperazine rings is 1. The summed E-state index contributed by atoms with van der Waals surface area (Å²) in [5.74, 6) is 1.18. The molecule has 1 aliphatic heterocycles. The van der Waals surface area contributed by atoms with Gasteiger partial charge in [-0.2, -0.15) is 0 Å². The van der Waals surface area contributed by atoms with E-state index >= 15 is 0 Å². The van der Waals surface area contributed by atoms with Crippen LogP contribution in [-0.2, 0) is 0 Å². The van der Waals surface area contributed by atoms with Crippen LogP contribution in [0.4, 0.5) is 0 Å². The fraction of sp³-hybridized carbons (Fsp3) is 0.500. The Bertz CT molecular complexity index is 714. The lowest BCUT2D eigenvalue weighted by Gasteiger charge is -2.32. The normalized spacial score (nSPS) is 15.9. The standard InChI is InChI=1S/C26H39N5/c1-3-27-26(28-16-10-11-17-31-20-18-30(2)19-21-31)29-22-25(23-12-6-4-7-13-23)24-14-8-5-9-15-24/h4-9,12-15,25H,3,10-11,16-22H2,1-2H3,(H2,27,28,29). The summed E-state index contributed by atoms with van der Waals surface area (Å²) in [6.45, 7) is 10.7. The Balaban J connectivity index is 1.51. The first-order valence-corrected chi connectivity index (χ1v) is 11.8. The summed E-state index contributed by atoms with van der Waals surface area (Å²) < 4.78 is 0. The number of unbranched alkanes of at least 4 members (excludes halogenated alkanes) is 1. The van der Waals surface area contributed by atoms with Gasteiger partial charge in [0.25, 0.3) is 0 Å². The van der Waals surface area contributed by atoms with Gasteiger partial charge in [-0.1, -0.05) is 60.7 Å². The second-order valence-electron chi connectivity index (χ2n) is 8.37. The molecule has 31 heavy (non-hydrogen) atoms. The molecule has 5 nitrogen and oxygen atoms in total. The van der Waals surface area contributed by atoms with Crippen molar-refractivity contribution >= 4 is 5.96 Å². The summed E-state index contributed by atoms with van der Waals surface area (Å²) in [7, 11) is 2.21. The molecule has 1 aliphatic rings. The largest absolute Gasteiger partial charge is 0.357 e. The molecule has 3 rings (SSSR count). The van der Waals surface area contributed by atoms with E-state index in [4.69, 9.17) is 4.99 Å². The van der Waals surface area contributed by atoms with Crippen LogP contribution in [0, 0.1) is 0 Å². The van der Waals surface area contributed by atoms with Crippen molar-refractivity contribution in [3.05, 3.63) is 71.8 Å². The lowest BCUT2D eigenvalue weighted by molar-refractivity contribution is 0.152. The van der Waals surface area contributed by atoms with Crippen LogP contribution in [-0.4, -0.2) is 75.2 Å². The second kappa shape index (κ2) is 13.1. The van der Waals surface area contributed by atoms with Crippen molar-refractivity contribution in [2.75, 3.05) is 59.4 Å². The highest BCUT2D eigenvalue weighted by Gasteiger charge is 2.14. The van der Waals surface area contributed by atoms with Crippen molar-refractivity contribution in [1.82, 2.24) is 20.4 Å². The molecule has 168 valence electrons. The van der Waals surface area contributed by atoms with E-state index in [9.17, 15) is 0 Å². The first kappa shape index (κ1) is 23.3. The van der Waals surface area contributed by atoms with Crippen LogP contribution in [0.15, 0.2) is 65.7 Å². The zero-order valence-corrected chi connectivity index (χ0v) is 19.3. The molecule has 0 aliphatic carbocycles. The molecule has 0 radical (unpaired) electrons. The summed E-state index contributed by atoms with van der Waals surface area (Å²) in [5.41, 5.74) is 2.61. The van der Waals surface area contributed by atoms with Crippen LogP contribution < -0.4 is 10.6 Å². The number of aliphatic imine (C=N–C) groups is 1. The molecule has 0 unspecified atom stereocenters. The van der Waals surface area contributed by atoms with Crippen LogP contribution in [0.3, 0.4) is 0 Å². The first-order chi connectivity index (χ1) is 15.3. The maximum atomic E-state index is 4.94. The van der Waals surface area contributed by atoms with Crippen molar-refractivity contribution in [3.63, 3.8) is 0 Å². The van der Waals surface area contributed by atoms with E-state index in [1.807, 2.05) is 0 Å². The zero-order chi connectivity index (χ0) is 21.7. The second-order valence-corrected chi connectivity index (χ2v) is 8.37. The summed E-state index contributed by atoms with van der Waals surface area (Å²) in [4.78, 5) is 9.94. The molecule has 0 atom stereocenters. The fourth-order valence-electron chi connectivity index (χ4n) is 4.04. The van der Waals surface area contributed by atoms with Crippen molar-refractivity contribution in [1.29, 1.82) is 0 Å². The van der Waals surface area contributed by atoms with Crippen LogP contribution in [0.25, 0.3) is 0 Å². The zero-order valence-electron chi connectivity index (χ0n) is 19.3. The molecule has 0 bridgehead atoms. The SMILES string of the molecule is CCNC(=NCC(c1ccccc1)c1ccccc1)NCCCCN1CCN(C)CC1. The number of hydrogen-bond donors (Lipinski definition) is 2. The highest BCUT2D eigenvalue weighted by atomic mass is 15.2. The Morgan fingerprint density at radius 3 is 2.06 bits per heavy atom. The molecule has 2 N–H and O–H groups in total. The molecule has 0 spiro atoms. The van der Waals surface area contributed by atoms with E-state index < -0.39 is 0 Å². The van der Waals surface area contributed by atoms with Gasteiger partial charge in [-0.25, -0.2) is 0 Å². The predicted octanol–water partition coefficient (Wildman–Crippen LogP) is 3.40. The third kappa shape index (κ3) is 8.00. The van der Waals surface area contributed by atoms with Crippen LogP contribution in [0.2, 0.25) is 0 Å². The molecular weight excluding hydrogens is 382 g/mol. The lowest BCUT2D eigenvalue weighted by atomic mass is 9.91. The summed E-state index contributed by atoms with van der Waals surface area (Å²) in [5, 5.41) is 6.94. The molecule has 0 aromatic heterocycles. The van der Waals surface area contributed by atoms with Gasteiger partial charge in [0, 0.05) is 45.2 Å². The molecule has 0 amide bonds. The topological polar surface area (TPSA) is 42.9 Å². The smallest absolute Gasteiger partial charge is 0.191 e. The number of nitrogens with one attached hydrogen (secondary N) is 2. The van der Waals surface area contributed by atoms with Crippen molar-refractivity contribution in [3.8, 4) is 0 Å². The van der Waals surface area contributed by atoms with Crippen LogP contribution in [0.1, 0.15) is 36.8 Å². The monoisotopic (exact) mass is 421 g/mol. The van der Waals surface area contributed by atoms with E-state index in [1.165, 1.54) is 50.3 Å². The van der Waals surface area contributed by atoms with Crippen LogP contribution in [0.5, 0.6) is 0 Å². The van der Waals surface area contributed by atoms with Gasteiger partial charge in [0.15, 0.2) is 5.96 Å². The Labute approximate surface area is 188 Å². The number of rotatable bonds is 10. The first-order valence-electron chi connectivity index (χ1n) is 11.8. The van der Waals surface area contributed by atoms with E-state index in [1.54, 1.807) is 0 Å². The average molecular weight is 422 g/mol. The molecule has 0 saturated carbocycles. The van der Waals surface area contributed by atoms with Gasteiger partial charge in [-0.3, -0.25) is 4.99 Å². The average Bonchev–Trinajstić information content (AvgIpc) is 2.81. The Hall–Kier alpha value is -2.37. The van der Waals surface area contributed by atoms with E-state index in [0.29, 0.717) is 0 Å². The minimum Gasteiger partial charge on any atom is -0.357 e. The van der Waals surface area contributed by atoms with E-state index in [2.05, 4.69) is 95.1 Å². The Morgan fingerprint density at radius 1 is 0.871 bits per heavy atom. The number of benzene rings is 2. The summed E-state index contributed by atoms with van der Waals surface area (Å²) >= 11 is 0. The lowest BCUT2D eigenvalue weighted by Crippen LogP contribution is -2.44. The highest BCUT2D eigenvalue weighted by Crippen LogP contribution is 2.24. The molecule has 1 fully saturated rings. The van der Waals surface area contributed by atoms with Crippen molar-refractivity contribution in [2.45, 2.75) is 25.7 Å². The minimum absolute atomic E-state index is 0.259. The molecule has 1 saturated heterocycles. The van der Waals surface area contributed by atoms with Gasteiger partial charge in [-0.15, -0.1) is 0 Å². The molecule has 2 aromatic carbocycles. The van der Waals surface area contributed by atoms with E-state index in [0.717, 1.165) is 32.0 Å². The van der Waals surface area contributed by atoms with Gasteiger partial charge in [0.1, 0.15) is 0 Å². The maximum absolute atomic E-state index is 4.94. The third-order valence-corrected chi connectivity index (χ3v) is 5.97. The maximum Gasteiger partial charge on any atom is 0.191 e. The third-order valence-electron chi connectivity index (χ3n) is 5.97. The molecule has 1 heterocycles. The van der Waals surface area contributed by atoms with Gasteiger partial charge in [-0.05, 0) is 44.5 Å². The Kier molecular flexibility index (Phi) is 9.87. The van der Waals surface area contributed by atoms with Gasteiger partial charge in [0.2, 0.25) is 0 Å². The van der Waals surface area contributed by atoms with Crippen molar-refractivity contribution < 1.29 is 0 Å². The van der Waals surface area contributed by atoms with E-state index in [-0.39, 0.29) is 5.92 Å². The number of hydrogen-bond acceptors (Lipinski definition) is 3. The summed E-state index contributed by atoms with van der Waals surface area (Å²) in [6.07, 6.45) is 2.39. The Morgan fingerprint density at radius 2 is 1.48 bits per heavy atom. The van der Waals surface area contributed by atoms with Gasteiger partial charge in [0.05, 0.1) is 6.54 Å². The molecule has 2 aromatic rings. The van der Waals surface area contributed by atoms with Gasteiger partial charge < -0.3 is 20.4 Å². The number of guanidine groups is 1. The highest BCUT2D eigenvalue weighted by molar-refractivity contribution is 5.79.